The maximum Gasteiger partial charge on any atom is 0.410 e. The lowest BCUT2D eigenvalue weighted by molar-refractivity contribution is -0.160. The van der Waals surface area contributed by atoms with Gasteiger partial charge in [-0.15, -0.1) is 0 Å². The van der Waals surface area contributed by atoms with Crippen LogP contribution < -0.4 is 15.4 Å². The van der Waals surface area contributed by atoms with Crippen LogP contribution >= 0.6 is 0 Å². The lowest BCUT2D eigenvalue weighted by Gasteiger charge is -2.28. The third kappa shape index (κ3) is 9.36. The molecule has 2 aliphatic rings. The van der Waals surface area contributed by atoms with Gasteiger partial charge in [-0.1, -0.05) is 42.8 Å². The van der Waals surface area contributed by atoms with Crippen LogP contribution in [-0.2, 0) is 33.6 Å². The predicted octanol–water partition coefficient (Wildman–Crippen LogP) is 7.77. The first-order chi connectivity index (χ1) is 25.7. The van der Waals surface area contributed by atoms with Gasteiger partial charge in [0.1, 0.15) is 35.2 Å². The summed E-state index contributed by atoms with van der Waals surface area (Å²) in [5.74, 6) is 1.23. The fourth-order valence-electron chi connectivity index (χ4n) is 7.96. The van der Waals surface area contributed by atoms with Gasteiger partial charge in [0.05, 0.1) is 24.6 Å². The molecule has 3 heterocycles. The second-order valence-corrected chi connectivity index (χ2v) is 16.4. The Balaban J connectivity index is 1.11. The third-order valence-corrected chi connectivity index (χ3v) is 10.6. The van der Waals surface area contributed by atoms with E-state index in [2.05, 4.69) is 77.5 Å². The fraction of sp³-hybridized carbons (Fsp3) is 0.558. The van der Waals surface area contributed by atoms with Crippen LogP contribution in [0.25, 0.3) is 11.0 Å². The molecular weight excluding hydrogens is 681 g/mol. The first-order valence-corrected chi connectivity index (χ1v) is 19.6. The molecular formula is C43H60N6O5. The van der Waals surface area contributed by atoms with Crippen LogP contribution in [0.4, 0.5) is 10.6 Å². The predicted molar refractivity (Wildman–Crippen MR) is 213 cm³/mol. The molecule has 2 aromatic carbocycles. The molecule has 11 nitrogen and oxygen atoms in total. The number of ether oxygens (including phenoxy) is 4. The van der Waals surface area contributed by atoms with E-state index in [0.29, 0.717) is 19.6 Å². The summed E-state index contributed by atoms with van der Waals surface area (Å²) < 4.78 is 26.6. The minimum Gasteiger partial charge on any atom is -0.497 e. The molecule has 1 saturated heterocycles. The van der Waals surface area contributed by atoms with Gasteiger partial charge in [0.25, 0.3) is 0 Å². The van der Waals surface area contributed by atoms with E-state index < -0.39 is 11.4 Å². The Labute approximate surface area is 321 Å². The van der Waals surface area contributed by atoms with Crippen molar-refractivity contribution in [2.24, 2.45) is 5.92 Å². The number of rotatable bonds is 15. The highest BCUT2D eigenvalue weighted by atomic mass is 16.8. The standard InChI is InChI=1S/C43H60N6O5/c1-10-31-26-49(40-36(31)39(46-27-47-40)45-24-30-13-16-34(51-9)17-14-30)35-23-33(37-38(35)53-43(7,8)52-37)25-44-19-11-20-48(41(50)54-42(4,5)6)21-18-32-15-12-28(2)22-29(32)3/h12-17,22,26-27,33,35,37-38,44H,10-11,18-21,23-25H2,1-9H3,(H,45,46,47)/t33-,35-,37-,38+/m1/s1. The number of amides is 1. The second-order valence-electron chi connectivity index (χ2n) is 16.4. The monoisotopic (exact) mass is 740 g/mol. The van der Waals surface area contributed by atoms with E-state index >= 15 is 0 Å². The van der Waals surface area contributed by atoms with E-state index in [1.165, 1.54) is 22.3 Å². The molecule has 1 aliphatic carbocycles. The number of aromatic nitrogens is 3. The summed E-state index contributed by atoms with van der Waals surface area (Å²) in [7, 11) is 1.68. The Morgan fingerprint density at radius 3 is 2.50 bits per heavy atom. The molecule has 11 heteroatoms. The molecule has 0 unspecified atom stereocenters. The molecule has 4 aromatic rings. The van der Waals surface area contributed by atoms with Gasteiger partial charge in [0.15, 0.2) is 5.79 Å². The molecule has 2 aromatic heterocycles. The number of nitrogens with one attached hydrogen (secondary N) is 2. The number of methoxy groups -OCH3 is 1. The molecule has 2 fully saturated rings. The van der Waals surface area contributed by atoms with Crippen molar-refractivity contribution in [1.82, 2.24) is 24.8 Å². The van der Waals surface area contributed by atoms with Crippen LogP contribution in [0.15, 0.2) is 55.0 Å². The average molecular weight is 741 g/mol. The Morgan fingerprint density at radius 1 is 1.04 bits per heavy atom. The Hall–Kier alpha value is -4.19. The zero-order chi connectivity index (χ0) is 38.6. The van der Waals surface area contributed by atoms with Crippen molar-refractivity contribution in [3.63, 3.8) is 0 Å². The molecule has 1 aliphatic heterocycles. The van der Waals surface area contributed by atoms with Gasteiger partial charge in [-0.2, -0.15) is 0 Å². The van der Waals surface area contributed by atoms with Crippen LogP contribution in [0.2, 0.25) is 0 Å². The van der Waals surface area contributed by atoms with Crippen LogP contribution in [0.3, 0.4) is 0 Å². The molecule has 2 N–H and O–H groups in total. The van der Waals surface area contributed by atoms with Crippen molar-refractivity contribution in [3.05, 3.63) is 82.8 Å². The molecule has 292 valence electrons. The normalized spacial score (nSPS) is 20.6. The average Bonchev–Trinajstić information content (AvgIpc) is 3.76. The van der Waals surface area contributed by atoms with E-state index in [4.69, 9.17) is 23.9 Å². The minimum absolute atomic E-state index is 0.0504. The zero-order valence-corrected chi connectivity index (χ0v) is 33.7. The fourth-order valence-corrected chi connectivity index (χ4v) is 7.96. The Kier molecular flexibility index (Phi) is 12.2. The SMILES string of the molecule is CCc1cn([C@@H]2C[C@H](CNCCCN(CCc3ccc(C)cc3C)C(=O)OC(C)(C)C)[C@H]3OC(C)(C)O[C@H]32)c2ncnc(NCc3ccc(OC)cc3)c12. The van der Waals surface area contributed by atoms with Crippen LogP contribution in [-0.4, -0.2) is 82.4 Å². The summed E-state index contributed by atoms with van der Waals surface area (Å²) in [5, 5.41) is 8.33. The van der Waals surface area contributed by atoms with Gasteiger partial charge >= 0.3 is 6.09 Å². The zero-order valence-electron chi connectivity index (χ0n) is 33.7. The van der Waals surface area contributed by atoms with E-state index in [0.717, 1.165) is 66.9 Å². The Bertz CT molecular complexity index is 1880. The number of carbonyl (C=O) groups excluding carboxylic acids is 1. The minimum atomic E-state index is -0.674. The molecule has 1 saturated carbocycles. The van der Waals surface area contributed by atoms with Gasteiger partial charge in [-0.25, -0.2) is 14.8 Å². The van der Waals surface area contributed by atoms with E-state index in [1.54, 1.807) is 13.4 Å². The van der Waals surface area contributed by atoms with E-state index in [9.17, 15) is 4.79 Å². The van der Waals surface area contributed by atoms with Crippen LogP contribution in [0, 0.1) is 19.8 Å². The second kappa shape index (κ2) is 16.7. The van der Waals surface area contributed by atoms with Crippen molar-refractivity contribution >= 4 is 22.9 Å². The van der Waals surface area contributed by atoms with Gasteiger partial charge in [0.2, 0.25) is 0 Å². The highest BCUT2D eigenvalue weighted by Gasteiger charge is 2.54. The van der Waals surface area contributed by atoms with Gasteiger partial charge in [0, 0.05) is 38.3 Å². The summed E-state index contributed by atoms with van der Waals surface area (Å²) >= 11 is 0. The van der Waals surface area contributed by atoms with E-state index in [-0.39, 0.29) is 30.3 Å². The first-order valence-electron chi connectivity index (χ1n) is 19.6. The molecule has 4 atom stereocenters. The van der Waals surface area contributed by atoms with Crippen molar-refractivity contribution in [2.75, 3.05) is 38.6 Å². The lowest BCUT2D eigenvalue weighted by Crippen LogP contribution is -2.40. The molecule has 0 spiro atoms. The third-order valence-electron chi connectivity index (χ3n) is 10.6. The van der Waals surface area contributed by atoms with Gasteiger partial charge in [-0.05, 0) is 115 Å². The molecule has 6 rings (SSSR count). The van der Waals surface area contributed by atoms with Crippen LogP contribution in [0.5, 0.6) is 5.75 Å². The first kappa shape index (κ1) is 39.5. The molecule has 0 radical (unpaired) electrons. The molecule has 1 amide bonds. The number of hydrogen-bond donors (Lipinski definition) is 2. The summed E-state index contributed by atoms with van der Waals surface area (Å²) in [6.07, 6.45) is 6.82. The summed E-state index contributed by atoms with van der Waals surface area (Å²) in [4.78, 5) is 24.6. The maximum atomic E-state index is 13.2. The lowest BCUT2D eigenvalue weighted by atomic mass is 10.0. The largest absolute Gasteiger partial charge is 0.497 e. The summed E-state index contributed by atoms with van der Waals surface area (Å²) in [5.41, 5.74) is 6.46. The molecule has 54 heavy (non-hydrogen) atoms. The van der Waals surface area contributed by atoms with Crippen LogP contribution in [0.1, 0.15) is 88.2 Å². The van der Waals surface area contributed by atoms with E-state index in [1.807, 2.05) is 51.7 Å². The number of hydrogen-bond acceptors (Lipinski definition) is 9. The smallest absolute Gasteiger partial charge is 0.410 e. The number of fused-ring (bicyclic) bond motifs is 2. The van der Waals surface area contributed by atoms with Crippen molar-refractivity contribution < 1.29 is 23.7 Å². The summed E-state index contributed by atoms with van der Waals surface area (Å²) in [6, 6.07) is 14.6. The Morgan fingerprint density at radius 2 is 1.80 bits per heavy atom. The number of carbonyl (C=O) groups is 1. The molecule has 0 bridgehead atoms. The van der Waals surface area contributed by atoms with Crippen molar-refractivity contribution in [3.8, 4) is 5.75 Å². The topological polar surface area (TPSA) is 112 Å². The van der Waals surface area contributed by atoms with Crippen molar-refractivity contribution in [2.45, 2.75) is 117 Å². The number of benzene rings is 2. The number of anilines is 1. The quantitative estimate of drug-likeness (QED) is 0.118. The summed E-state index contributed by atoms with van der Waals surface area (Å²) in [6.45, 7) is 19.6. The van der Waals surface area contributed by atoms with Gasteiger partial charge < -0.3 is 39.0 Å². The number of aryl methyl sites for hydroxylation is 3. The van der Waals surface area contributed by atoms with Crippen molar-refractivity contribution in [1.29, 1.82) is 0 Å². The highest BCUT2D eigenvalue weighted by molar-refractivity contribution is 5.91. The number of nitrogens with zero attached hydrogens (tertiary/aromatic N) is 4. The van der Waals surface area contributed by atoms with Gasteiger partial charge in [-0.3, -0.25) is 0 Å². The maximum absolute atomic E-state index is 13.2. The highest BCUT2D eigenvalue weighted by Crippen LogP contribution is 2.48.